The molecule has 9 nitrogen and oxygen atoms in total. The van der Waals surface area contributed by atoms with Crippen molar-refractivity contribution in [2.75, 3.05) is 37.8 Å². The van der Waals surface area contributed by atoms with Crippen molar-refractivity contribution in [2.24, 2.45) is 0 Å². The molecule has 0 heterocycles. The highest BCUT2D eigenvalue weighted by Crippen LogP contribution is 2.23. The molecule has 182 valence electrons. The fourth-order valence-electron chi connectivity index (χ4n) is 3.03. The number of hydrogen-bond acceptors (Lipinski definition) is 6. The molecular formula is C21H28FN3O6S2. The quantitative estimate of drug-likeness (QED) is 0.470. The Bertz CT molecular complexity index is 1150. The summed E-state index contributed by atoms with van der Waals surface area (Å²) < 4.78 is 69.7. The Morgan fingerprint density at radius 2 is 1.61 bits per heavy atom. The SMILES string of the molecule is CC[C@H](C(=O)NCCOc1ccc(S(=O)(=O)N(C)C)cc1)N(c1ccc(F)cc1)S(C)(=O)=O. The number of anilines is 1. The van der Waals surface area contributed by atoms with E-state index in [1.807, 2.05) is 0 Å². The maximum Gasteiger partial charge on any atom is 0.244 e. The van der Waals surface area contributed by atoms with Crippen LogP contribution < -0.4 is 14.4 Å². The summed E-state index contributed by atoms with van der Waals surface area (Å²) in [5, 5.41) is 2.64. The van der Waals surface area contributed by atoms with Crippen molar-refractivity contribution in [3.8, 4) is 5.75 Å². The van der Waals surface area contributed by atoms with Gasteiger partial charge in [-0.1, -0.05) is 6.92 Å². The second-order valence-electron chi connectivity index (χ2n) is 7.36. The van der Waals surface area contributed by atoms with Gasteiger partial charge in [0.2, 0.25) is 26.0 Å². The van der Waals surface area contributed by atoms with E-state index >= 15 is 0 Å². The monoisotopic (exact) mass is 501 g/mol. The fourth-order valence-corrected chi connectivity index (χ4v) is 5.14. The first kappa shape index (κ1) is 26.6. The summed E-state index contributed by atoms with van der Waals surface area (Å²) in [5.74, 6) is -0.629. The van der Waals surface area contributed by atoms with Crippen LogP contribution in [0.15, 0.2) is 53.4 Å². The lowest BCUT2D eigenvalue weighted by molar-refractivity contribution is -0.122. The molecule has 0 unspecified atom stereocenters. The summed E-state index contributed by atoms with van der Waals surface area (Å²) in [4.78, 5) is 12.8. The number of sulfonamides is 2. The minimum absolute atomic E-state index is 0.0807. The van der Waals surface area contributed by atoms with Gasteiger partial charge in [-0.2, -0.15) is 0 Å². The van der Waals surface area contributed by atoms with Crippen LogP contribution in [0, 0.1) is 5.82 Å². The first-order chi connectivity index (χ1) is 15.4. The van der Waals surface area contributed by atoms with Crippen molar-refractivity contribution < 1.29 is 30.8 Å². The van der Waals surface area contributed by atoms with E-state index < -0.39 is 37.8 Å². The maximum atomic E-state index is 13.3. The summed E-state index contributed by atoms with van der Waals surface area (Å²) >= 11 is 0. The topological polar surface area (TPSA) is 113 Å². The zero-order valence-electron chi connectivity index (χ0n) is 18.9. The molecule has 0 bridgehead atoms. The van der Waals surface area contributed by atoms with Gasteiger partial charge >= 0.3 is 0 Å². The molecule has 0 aliphatic carbocycles. The van der Waals surface area contributed by atoms with Gasteiger partial charge in [0.1, 0.15) is 24.2 Å². The fraction of sp³-hybridized carbons (Fsp3) is 0.381. The van der Waals surface area contributed by atoms with Gasteiger partial charge in [0.15, 0.2) is 0 Å². The third kappa shape index (κ3) is 6.89. The highest BCUT2D eigenvalue weighted by molar-refractivity contribution is 7.92. The number of benzene rings is 2. The number of ether oxygens (including phenoxy) is 1. The predicted molar refractivity (Wildman–Crippen MR) is 124 cm³/mol. The average molecular weight is 502 g/mol. The van der Waals surface area contributed by atoms with Gasteiger partial charge in [0.05, 0.1) is 23.4 Å². The molecule has 0 aromatic heterocycles. The molecule has 2 aromatic rings. The molecule has 1 atom stereocenters. The first-order valence-corrected chi connectivity index (χ1v) is 13.3. The zero-order valence-corrected chi connectivity index (χ0v) is 20.5. The van der Waals surface area contributed by atoms with Gasteiger partial charge in [-0.25, -0.2) is 25.5 Å². The summed E-state index contributed by atoms with van der Waals surface area (Å²) in [5.41, 5.74) is 0.185. The number of carbonyl (C=O) groups excluding carboxylic acids is 1. The van der Waals surface area contributed by atoms with Crippen molar-refractivity contribution in [2.45, 2.75) is 24.3 Å². The van der Waals surface area contributed by atoms with Crippen LogP contribution in [0.5, 0.6) is 5.75 Å². The van der Waals surface area contributed by atoms with E-state index in [4.69, 9.17) is 4.74 Å². The Hall–Kier alpha value is -2.70. The van der Waals surface area contributed by atoms with Crippen LogP contribution in [-0.2, 0) is 24.8 Å². The molecule has 0 saturated carbocycles. The summed E-state index contributed by atoms with van der Waals surface area (Å²) in [6, 6.07) is 9.68. The molecule has 2 rings (SSSR count). The van der Waals surface area contributed by atoms with Gasteiger partial charge in [-0.3, -0.25) is 9.10 Å². The largest absolute Gasteiger partial charge is 0.492 e. The molecule has 1 amide bonds. The normalized spacial score (nSPS) is 12.9. The predicted octanol–water partition coefficient (Wildman–Crippen LogP) is 1.82. The number of amides is 1. The van der Waals surface area contributed by atoms with E-state index in [2.05, 4.69) is 5.32 Å². The smallest absolute Gasteiger partial charge is 0.244 e. The highest BCUT2D eigenvalue weighted by atomic mass is 32.2. The molecular weight excluding hydrogens is 473 g/mol. The Kier molecular flexibility index (Phi) is 8.81. The van der Waals surface area contributed by atoms with Gasteiger partial charge in [0, 0.05) is 14.1 Å². The lowest BCUT2D eigenvalue weighted by Crippen LogP contribution is -2.50. The Morgan fingerprint density at radius 1 is 1.03 bits per heavy atom. The molecule has 0 radical (unpaired) electrons. The lowest BCUT2D eigenvalue weighted by atomic mass is 10.2. The molecule has 0 aliphatic rings. The molecule has 0 spiro atoms. The summed E-state index contributed by atoms with van der Waals surface area (Å²) in [7, 11) is -4.48. The van der Waals surface area contributed by atoms with Crippen molar-refractivity contribution in [3.05, 3.63) is 54.3 Å². The second kappa shape index (κ2) is 10.9. The number of rotatable bonds is 11. The Balaban J connectivity index is 2.00. The van der Waals surface area contributed by atoms with Gasteiger partial charge < -0.3 is 10.1 Å². The standard InChI is InChI=1S/C21H28FN3O6S2/c1-5-20(25(32(4,27)28)17-8-6-16(22)7-9-17)21(26)23-14-15-31-18-10-12-19(13-11-18)33(29,30)24(2)3/h6-13,20H,5,14-15H2,1-4H3,(H,23,26)/t20-/m1/s1. The Labute approximate surface area is 194 Å². The number of nitrogens with zero attached hydrogens (tertiary/aromatic N) is 2. The van der Waals surface area contributed by atoms with Crippen LogP contribution >= 0.6 is 0 Å². The molecule has 2 aromatic carbocycles. The van der Waals surface area contributed by atoms with Crippen LogP contribution in [0.3, 0.4) is 0 Å². The van der Waals surface area contributed by atoms with Crippen molar-refractivity contribution in [1.82, 2.24) is 9.62 Å². The zero-order chi connectivity index (χ0) is 24.8. The van der Waals surface area contributed by atoms with Crippen LogP contribution in [0.2, 0.25) is 0 Å². The van der Waals surface area contributed by atoms with Crippen LogP contribution in [0.1, 0.15) is 13.3 Å². The van der Waals surface area contributed by atoms with Crippen molar-refractivity contribution in [1.29, 1.82) is 0 Å². The van der Waals surface area contributed by atoms with E-state index in [0.29, 0.717) is 5.75 Å². The minimum Gasteiger partial charge on any atom is -0.492 e. The van der Waals surface area contributed by atoms with Gasteiger partial charge in [0.25, 0.3) is 0 Å². The Morgan fingerprint density at radius 3 is 2.09 bits per heavy atom. The average Bonchev–Trinajstić information content (AvgIpc) is 2.75. The van der Waals surface area contributed by atoms with Crippen molar-refractivity contribution >= 4 is 31.6 Å². The number of carbonyl (C=O) groups is 1. The first-order valence-electron chi connectivity index (χ1n) is 10.1. The van der Waals surface area contributed by atoms with Crippen LogP contribution in [0.4, 0.5) is 10.1 Å². The maximum absolute atomic E-state index is 13.3. The van der Waals surface area contributed by atoms with Crippen LogP contribution in [0.25, 0.3) is 0 Å². The number of nitrogens with one attached hydrogen (secondary N) is 1. The van der Waals surface area contributed by atoms with E-state index in [-0.39, 0.29) is 30.2 Å². The summed E-state index contributed by atoms with van der Waals surface area (Å²) in [6.07, 6.45) is 1.18. The second-order valence-corrected chi connectivity index (χ2v) is 11.4. The van der Waals surface area contributed by atoms with E-state index in [1.54, 1.807) is 6.92 Å². The third-order valence-corrected chi connectivity index (χ3v) is 7.69. The minimum atomic E-state index is -3.82. The molecule has 12 heteroatoms. The van der Waals surface area contributed by atoms with E-state index in [0.717, 1.165) is 27.0 Å². The van der Waals surface area contributed by atoms with E-state index in [1.165, 1.54) is 50.5 Å². The third-order valence-electron chi connectivity index (χ3n) is 4.68. The molecule has 1 N–H and O–H groups in total. The summed E-state index contributed by atoms with van der Waals surface area (Å²) in [6.45, 7) is 1.84. The van der Waals surface area contributed by atoms with E-state index in [9.17, 15) is 26.0 Å². The van der Waals surface area contributed by atoms with Gasteiger partial charge in [-0.05, 0) is 55.0 Å². The lowest BCUT2D eigenvalue weighted by Gasteiger charge is -2.30. The van der Waals surface area contributed by atoms with Gasteiger partial charge in [-0.15, -0.1) is 0 Å². The number of halogens is 1. The number of hydrogen-bond donors (Lipinski definition) is 1. The molecule has 33 heavy (non-hydrogen) atoms. The van der Waals surface area contributed by atoms with Crippen LogP contribution in [-0.4, -0.2) is 66.6 Å². The molecule has 0 saturated heterocycles. The molecule has 0 fully saturated rings. The molecule has 0 aliphatic heterocycles. The van der Waals surface area contributed by atoms with Crippen molar-refractivity contribution in [3.63, 3.8) is 0 Å². The highest BCUT2D eigenvalue weighted by Gasteiger charge is 2.31.